The molecule has 19 heavy (non-hydrogen) atoms. The molecule has 2 atom stereocenters. The maximum Gasteiger partial charge on any atom is 0.298 e. The molecule has 1 aromatic heterocycles. The number of nitrogens with two attached hydrogens (primary N) is 1. The van der Waals surface area contributed by atoms with Crippen LogP contribution in [0.15, 0.2) is 28.7 Å². The molecule has 0 radical (unpaired) electrons. The second kappa shape index (κ2) is 5.19. The fourth-order valence-corrected chi connectivity index (χ4v) is 2.69. The second-order valence-electron chi connectivity index (χ2n) is 4.93. The number of benzene rings is 1. The van der Waals surface area contributed by atoms with E-state index in [0.29, 0.717) is 12.6 Å². The molecule has 5 nitrogen and oxygen atoms in total. The Morgan fingerprint density at radius 2 is 2.32 bits per heavy atom. The van der Waals surface area contributed by atoms with Crippen LogP contribution < -0.4 is 10.6 Å². The van der Waals surface area contributed by atoms with E-state index in [9.17, 15) is 0 Å². The SMILES string of the molecule is COC1CCN(c2nc3ccccc3o2)C(CN)C1. The van der Waals surface area contributed by atoms with E-state index in [-0.39, 0.29) is 12.1 Å². The van der Waals surface area contributed by atoms with Crippen LogP contribution in [0.1, 0.15) is 12.8 Å². The second-order valence-corrected chi connectivity index (χ2v) is 4.93. The Hall–Kier alpha value is -1.59. The van der Waals surface area contributed by atoms with Crippen LogP contribution in [0.5, 0.6) is 0 Å². The summed E-state index contributed by atoms with van der Waals surface area (Å²) in [6.07, 6.45) is 2.19. The summed E-state index contributed by atoms with van der Waals surface area (Å²) in [6.45, 7) is 1.45. The number of rotatable bonds is 3. The zero-order valence-electron chi connectivity index (χ0n) is 11.1. The Balaban J connectivity index is 1.87. The summed E-state index contributed by atoms with van der Waals surface area (Å²) in [5, 5.41) is 0. The smallest absolute Gasteiger partial charge is 0.298 e. The van der Waals surface area contributed by atoms with Crippen molar-refractivity contribution in [3.05, 3.63) is 24.3 Å². The molecule has 0 amide bonds. The molecule has 0 saturated carbocycles. The number of oxazole rings is 1. The van der Waals surface area contributed by atoms with Gasteiger partial charge in [0.05, 0.1) is 6.10 Å². The lowest BCUT2D eigenvalue weighted by molar-refractivity contribution is 0.0699. The number of piperidine rings is 1. The monoisotopic (exact) mass is 261 g/mol. The Morgan fingerprint density at radius 3 is 3.05 bits per heavy atom. The van der Waals surface area contributed by atoms with Crippen molar-refractivity contribution in [2.45, 2.75) is 25.0 Å². The minimum atomic E-state index is 0.228. The van der Waals surface area contributed by atoms with E-state index in [4.69, 9.17) is 14.9 Å². The molecule has 5 heteroatoms. The summed E-state index contributed by atoms with van der Waals surface area (Å²) in [6, 6.07) is 8.71. The number of ether oxygens (including phenoxy) is 1. The van der Waals surface area contributed by atoms with Gasteiger partial charge >= 0.3 is 0 Å². The molecular formula is C14H19N3O2. The highest BCUT2D eigenvalue weighted by atomic mass is 16.5. The maximum atomic E-state index is 5.88. The maximum absolute atomic E-state index is 5.88. The van der Waals surface area contributed by atoms with Crippen molar-refractivity contribution in [3.8, 4) is 0 Å². The Morgan fingerprint density at radius 1 is 1.47 bits per heavy atom. The van der Waals surface area contributed by atoms with Crippen LogP contribution in [-0.2, 0) is 4.74 Å². The summed E-state index contributed by atoms with van der Waals surface area (Å²) >= 11 is 0. The first-order chi connectivity index (χ1) is 9.31. The zero-order valence-corrected chi connectivity index (χ0v) is 11.1. The molecule has 3 rings (SSSR count). The van der Waals surface area contributed by atoms with Gasteiger partial charge in [0.25, 0.3) is 6.01 Å². The Bertz CT molecular complexity index is 521. The molecule has 1 aliphatic heterocycles. The molecule has 0 spiro atoms. The standard InChI is InChI=1S/C14H19N3O2/c1-18-11-6-7-17(10(8-11)9-15)14-16-12-4-2-3-5-13(12)19-14/h2-5,10-11H,6-9,15H2,1H3. The third-order valence-corrected chi connectivity index (χ3v) is 3.80. The molecular weight excluding hydrogens is 242 g/mol. The summed E-state index contributed by atoms with van der Waals surface area (Å²) < 4.78 is 11.3. The number of fused-ring (bicyclic) bond motifs is 1. The van der Waals surface area contributed by atoms with Crippen molar-refractivity contribution in [3.63, 3.8) is 0 Å². The van der Waals surface area contributed by atoms with E-state index in [2.05, 4.69) is 9.88 Å². The van der Waals surface area contributed by atoms with E-state index in [1.807, 2.05) is 24.3 Å². The molecule has 1 saturated heterocycles. The van der Waals surface area contributed by atoms with E-state index in [0.717, 1.165) is 30.5 Å². The lowest BCUT2D eigenvalue weighted by Gasteiger charge is -2.37. The van der Waals surface area contributed by atoms with E-state index in [1.54, 1.807) is 7.11 Å². The first kappa shape index (κ1) is 12.4. The first-order valence-electron chi connectivity index (χ1n) is 6.67. The number of para-hydroxylation sites is 2. The number of aromatic nitrogens is 1. The van der Waals surface area contributed by atoms with Crippen molar-refractivity contribution < 1.29 is 9.15 Å². The van der Waals surface area contributed by atoms with Crippen molar-refractivity contribution >= 4 is 17.1 Å². The van der Waals surface area contributed by atoms with Gasteiger partial charge in [-0.3, -0.25) is 0 Å². The largest absolute Gasteiger partial charge is 0.423 e. The predicted molar refractivity (Wildman–Crippen MR) is 74.2 cm³/mol. The number of nitrogens with zero attached hydrogens (tertiary/aromatic N) is 2. The van der Waals surface area contributed by atoms with Crippen molar-refractivity contribution in [1.82, 2.24) is 4.98 Å². The van der Waals surface area contributed by atoms with Crippen LogP contribution >= 0.6 is 0 Å². The molecule has 1 aliphatic rings. The van der Waals surface area contributed by atoms with Crippen LogP contribution in [-0.4, -0.2) is 37.3 Å². The van der Waals surface area contributed by atoms with Gasteiger partial charge in [-0.25, -0.2) is 0 Å². The molecule has 1 fully saturated rings. The van der Waals surface area contributed by atoms with Crippen molar-refractivity contribution in [2.75, 3.05) is 25.1 Å². The van der Waals surface area contributed by atoms with Gasteiger partial charge in [-0.15, -0.1) is 0 Å². The number of hydrogen-bond donors (Lipinski definition) is 1. The zero-order chi connectivity index (χ0) is 13.2. The van der Waals surface area contributed by atoms with Gasteiger partial charge < -0.3 is 19.8 Å². The minimum Gasteiger partial charge on any atom is -0.423 e. The van der Waals surface area contributed by atoms with Gasteiger partial charge in [-0.2, -0.15) is 4.98 Å². The van der Waals surface area contributed by atoms with Crippen LogP contribution in [0, 0.1) is 0 Å². The summed E-state index contributed by atoms with van der Waals surface area (Å²) in [7, 11) is 1.76. The van der Waals surface area contributed by atoms with Crippen LogP contribution in [0.2, 0.25) is 0 Å². The van der Waals surface area contributed by atoms with E-state index < -0.39 is 0 Å². The molecule has 2 unspecified atom stereocenters. The summed E-state index contributed by atoms with van der Waals surface area (Å²) in [4.78, 5) is 6.71. The van der Waals surface area contributed by atoms with Crippen LogP contribution in [0.4, 0.5) is 6.01 Å². The number of anilines is 1. The quantitative estimate of drug-likeness (QED) is 0.912. The van der Waals surface area contributed by atoms with Crippen molar-refractivity contribution in [1.29, 1.82) is 0 Å². The Labute approximate surface area is 112 Å². The normalized spacial score (nSPS) is 24.0. The van der Waals surface area contributed by atoms with Gasteiger partial charge in [0.15, 0.2) is 5.58 Å². The summed E-state index contributed by atoms with van der Waals surface area (Å²) in [5.74, 6) is 0. The third kappa shape index (κ3) is 2.31. The molecule has 102 valence electrons. The van der Waals surface area contributed by atoms with Gasteiger partial charge in [0.1, 0.15) is 5.52 Å². The fourth-order valence-electron chi connectivity index (χ4n) is 2.69. The average molecular weight is 261 g/mol. The molecule has 2 N–H and O–H groups in total. The summed E-state index contributed by atoms with van der Waals surface area (Å²) in [5.41, 5.74) is 7.59. The first-order valence-corrected chi connectivity index (χ1v) is 6.67. The van der Waals surface area contributed by atoms with Crippen LogP contribution in [0.3, 0.4) is 0 Å². The van der Waals surface area contributed by atoms with Gasteiger partial charge in [-0.1, -0.05) is 12.1 Å². The van der Waals surface area contributed by atoms with E-state index >= 15 is 0 Å². The molecule has 0 aliphatic carbocycles. The highest BCUT2D eigenvalue weighted by Crippen LogP contribution is 2.28. The lowest BCUT2D eigenvalue weighted by atomic mass is 10.00. The van der Waals surface area contributed by atoms with Crippen LogP contribution in [0.25, 0.3) is 11.1 Å². The van der Waals surface area contributed by atoms with Crippen molar-refractivity contribution in [2.24, 2.45) is 5.73 Å². The number of methoxy groups -OCH3 is 1. The minimum absolute atomic E-state index is 0.228. The average Bonchev–Trinajstić information content (AvgIpc) is 2.90. The number of hydrogen-bond acceptors (Lipinski definition) is 5. The molecule has 0 bridgehead atoms. The topological polar surface area (TPSA) is 64.5 Å². The van der Waals surface area contributed by atoms with Gasteiger partial charge in [0.2, 0.25) is 0 Å². The Kier molecular flexibility index (Phi) is 3.40. The van der Waals surface area contributed by atoms with E-state index in [1.165, 1.54) is 0 Å². The predicted octanol–water partition coefficient (Wildman–Crippen LogP) is 1.77. The van der Waals surface area contributed by atoms with Gasteiger partial charge in [0, 0.05) is 26.2 Å². The highest BCUT2D eigenvalue weighted by molar-refractivity contribution is 5.74. The molecule has 1 aromatic carbocycles. The third-order valence-electron chi connectivity index (χ3n) is 3.80. The fraction of sp³-hybridized carbons (Fsp3) is 0.500. The highest BCUT2D eigenvalue weighted by Gasteiger charge is 2.30. The van der Waals surface area contributed by atoms with Gasteiger partial charge in [-0.05, 0) is 25.0 Å². The lowest BCUT2D eigenvalue weighted by Crippen LogP contribution is -2.48. The molecule has 2 aromatic rings. The molecule has 2 heterocycles.